The highest BCUT2D eigenvalue weighted by Gasteiger charge is 2.22. The predicted octanol–water partition coefficient (Wildman–Crippen LogP) is 1.60. The normalized spacial score (nSPS) is 15.5. The summed E-state index contributed by atoms with van der Waals surface area (Å²) in [5, 5.41) is 9.01. The van der Waals surface area contributed by atoms with Crippen LogP contribution < -0.4 is 5.73 Å². The fourth-order valence-electron chi connectivity index (χ4n) is 1.02. The highest BCUT2D eigenvalue weighted by atomic mass is 127. The minimum absolute atomic E-state index is 0.202. The van der Waals surface area contributed by atoms with Crippen molar-refractivity contribution in [2.45, 2.75) is 12.5 Å². The van der Waals surface area contributed by atoms with Gasteiger partial charge < -0.3 is 10.8 Å². The average Bonchev–Trinajstić information content (AvgIpc) is 2.09. The van der Waals surface area contributed by atoms with Gasteiger partial charge in [-0.25, -0.2) is 4.39 Å². The third-order valence-corrected chi connectivity index (χ3v) is 2.81. The van der Waals surface area contributed by atoms with E-state index in [9.17, 15) is 4.39 Å². The van der Waals surface area contributed by atoms with E-state index in [1.807, 2.05) is 0 Å². The molecule has 72 valence electrons. The maximum Gasteiger partial charge on any atom is 0.123 e. The summed E-state index contributed by atoms with van der Waals surface area (Å²) in [4.78, 5) is 0. The second kappa shape index (κ2) is 3.89. The highest BCUT2D eigenvalue weighted by Crippen LogP contribution is 2.23. The third kappa shape index (κ3) is 2.38. The van der Waals surface area contributed by atoms with Crippen LogP contribution in [0.1, 0.15) is 12.5 Å². The van der Waals surface area contributed by atoms with Gasteiger partial charge in [0.2, 0.25) is 0 Å². The van der Waals surface area contributed by atoms with Crippen LogP contribution in [0.5, 0.6) is 0 Å². The van der Waals surface area contributed by atoms with Crippen molar-refractivity contribution < 1.29 is 9.50 Å². The maximum atomic E-state index is 12.9. The van der Waals surface area contributed by atoms with Crippen LogP contribution in [0, 0.1) is 9.39 Å². The van der Waals surface area contributed by atoms with Crippen LogP contribution in [-0.2, 0) is 5.54 Å². The summed E-state index contributed by atoms with van der Waals surface area (Å²) in [6, 6.07) is 4.38. The molecule has 0 aliphatic carbocycles. The lowest BCUT2D eigenvalue weighted by Crippen LogP contribution is -2.37. The van der Waals surface area contributed by atoms with Crippen molar-refractivity contribution in [3.63, 3.8) is 0 Å². The van der Waals surface area contributed by atoms with E-state index in [0.29, 0.717) is 5.56 Å². The van der Waals surface area contributed by atoms with E-state index < -0.39 is 5.54 Å². The molecule has 0 aliphatic rings. The monoisotopic (exact) mass is 295 g/mol. The first-order valence-electron chi connectivity index (χ1n) is 3.82. The molecule has 0 fully saturated rings. The molecule has 0 aliphatic heterocycles. The third-order valence-electron chi connectivity index (χ3n) is 1.87. The van der Waals surface area contributed by atoms with Gasteiger partial charge >= 0.3 is 0 Å². The second-order valence-corrected chi connectivity index (χ2v) is 4.36. The number of halogens is 2. The zero-order valence-electron chi connectivity index (χ0n) is 7.22. The van der Waals surface area contributed by atoms with Crippen molar-refractivity contribution in [3.05, 3.63) is 33.1 Å². The molecule has 0 saturated heterocycles. The van der Waals surface area contributed by atoms with E-state index in [1.54, 1.807) is 13.0 Å². The molecule has 1 aromatic carbocycles. The lowest BCUT2D eigenvalue weighted by molar-refractivity contribution is 0.209. The fraction of sp³-hybridized carbons (Fsp3) is 0.333. The fourth-order valence-corrected chi connectivity index (χ4v) is 1.97. The number of hydrogen-bond acceptors (Lipinski definition) is 2. The van der Waals surface area contributed by atoms with E-state index in [2.05, 4.69) is 22.6 Å². The molecule has 13 heavy (non-hydrogen) atoms. The molecule has 0 aromatic heterocycles. The Balaban J connectivity index is 3.20. The topological polar surface area (TPSA) is 46.2 Å². The van der Waals surface area contributed by atoms with Crippen molar-refractivity contribution in [2.75, 3.05) is 6.61 Å². The summed E-state index contributed by atoms with van der Waals surface area (Å²) >= 11 is 2.07. The zero-order valence-corrected chi connectivity index (χ0v) is 9.38. The van der Waals surface area contributed by atoms with Gasteiger partial charge in [-0.05, 0) is 53.3 Å². The maximum absolute atomic E-state index is 12.9. The Morgan fingerprint density at radius 2 is 2.23 bits per heavy atom. The van der Waals surface area contributed by atoms with Crippen LogP contribution >= 0.6 is 22.6 Å². The Hall–Kier alpha value is -0.200. The summed E-state index contributed by atoms with van der Waals surface area (Å²) in [6.45, 7) is 1.47. The van der Waals surface area contributed by atoms with Gasteiger partial charge in [0.15, 0.2) is 0 Å². The molecule has 1 aromatic rings. The number of benzene rings is 1. The number of aliphatic hydroxyl groups excluding tert-OH is 1. The Morgan fingerprint density at radius 3 is 2.77 bits per heavy atom. The smallest absolute Gasteiger partial charge is 0.123 e. The molecular formula is C9H11FINO. The van der Waals surface area contributed by atoms with Crippen LogP contribution in [0.15, 0.2) is 18.2 Å². The quantitative estimate of drug-likeness (QED) is 0.814. The number of nitrogens with two attached hydrogens (primary N) is 1. The van der Waals surface area contributed by atoms with E-state index in [4.69, 9.17) is 10.8 Å². The van der Waals surface area contributed by atoms with Gasteiger partial charge in [-0.3, -0.25) is 0 Å². The van der Waals surface area contributed by atoms with Crippen molar-refractivity contribution in [1.82, 2.24) is 0 Å². The van der Waals surface area contributed by atoms with Crippen LogP contribution in [0.25, 0.3) is 0 Å². The SMILES string of the molecule is CC(N)(CO)c1cc(F)ccc1I. The van der Waals surface area contributed by atoms with Gasteiger partial charge in [-0.15, -0.1) is 0 Å². The Bertz CT molecular complexity index is 314. The standard InChI is InChI=1S/C9H11FINO/c1-9(12,5-13)7-4-6(10)2-3-8(7)11/h2-4,13H,5,12H2,1H3. The predicted molar refractivity (Wildman–Crippen MR) is 57.7 cm³/mol. The second-order valence-electron chi connectivity index (χ2n) is 3.20. The largest absolute Gasteiger partial charge is 0.394 e. The molecule has 0 amide bonds. The molecular weight excluding hydrogens is 284 g/mol. The molecule has 2 nitrogen and oxygen atoms in total. The van der Waals surface area contributed by atoms with E-state index in [-0.39, 0.29) is 12.4 Å². The summed E-state index contributed by atoms with van der Waals surface area (Å²) in [5.74, 6) is -0.333. The molecule has 1 rings (SSSR count). The first-order chi connectivity index (χ1) is 5.97. The summed E-state index contributed by atoms with van der Waals surface area (Å²) in [5.41, 5.74) is 5.54. The molecule has 0 heterocycles. The molecule has 0 spiro atoms. The Kier molecular flexibility index (Phi) is 3.26. The Labute approximate surface area is 90.1 Å². The lowest BCUT2D eigenvalue weighted by Gasteiger charge is -2.23. The summed E-state index contributed by atoms with van der Waals surface area (Å²) in [6.07, 6.45) is 0. The molecule has 1 unspecified atom stereocenters. The highest BCUT2D eigenvalue weighted by molar-refractivity contribution is 14.1. The summed E-state index contributed by atoms with van der Waals surface area (Å²) < 4.78 is 13.7. The van der Waals surface area contributed by atoms with Crippen LogP contribution in [0.4, 0.5) is 4.39 Å². The van der Waals surface area contributed by atoms with Crippen molar-refractivity contribution in [2.24, 2.45) is 5.73 Å². The minimum Gasteiger partial charge on any atom is -0.394 e. The first kappa shape index (κ1) is 10.9. The van der Waals surface area contributed by atoms with Gasteiger partial charge in [0, 0.05) is 3.57 Å². The van der Waals surface area contributed by atoms with Crippen LogP contribution in [-0.4, -0.2) is 11.7 Å². The van der Waals surface area contributed by atoms with Gasteiger partial charge in [-0.2, -0.15) is 0 Å². The zero-order chi connectivity index (χ0) is 10.1. The van der Waals surface area contributed by atoms with E-state index in [1.165, 1.54) is 12.1 Å². The van der Waals surface area contributed by atoms with Gasteiger partial charge in [0.25, 0.3) is 0 Å². The van der Waals surface area contributed by atoms with Gasteiger partial charge in [0.1, 0.15) is 5.82 Å². The molecule has 0 bridgehead atoms. The first-order valence-corrected chi connectivity index (χ1v) is 4.90. The van der Waals surface area contributed by atoms with Gasteiger partial charge in [-0.1, -0.05) is 0 Å². The van der Waals surface area contributed by atoms with Crippen molar-refractivity contribution in [3.8, 4) is 0 Å². The molecule has 0 saturated carbocycles. The van der Waals surface area contributed by atoms with Gasteiger partial charge in [0.05, 0.1) is 12.1 Å². The number of aliphatic hydroxyl groups is 1. The van der Waals surface area contributed by atoms with Crippen molar-refractivity contribution >= 4 is 22.6 Å². The number of rotatable bonds is 2. The van der Waals surface area contributed by atoms with E-state index >= 15 is 0 Å². The average molecular weight is 295 g/mol. The van der Waals surface area contributed by atoms with E-state index in [0.717, 1.165) is 3.57 Å². The minimum atomic E-state index is -0.876. The molecule has 1 atom stereocenters. The lowest BCUT2D eigenvalue weighted by atomic mass is 9.94. The number of hydrogen-bond donors (Lipinski definition) is 2. The van der Waals surface area contributed by atoms with Crippen LogP contribution in [0.3, 0.4) is 0 Å². The van der Waals surface area contributed by atoms with Crippen LogP contribution in [0.2, 0.25) is 0 Å². The Morgan fingerprint density at radius 1 is 1.62 bits per heavy atom. The summed E-state index contributed by atoms with van der Waals surface area (Å²) in [7, 11) is 0. The molecule has 0 radical (unpaired) electrons. The molecule has 4 heteroatoms. The molecule has 3 N–H and O–H groups in total. The van der Waals surface area contributed by atoms with Crippen molar-refractivity contribution in [1.29, 1.82) is 0 Å².